The summed E-state index contributed by atoms with van der Waals surface area (Å²) in [6, 6.07) is -1.65. The lowest BCUT2D eigenvalue weighted by molar-refractivity contribution is -0.597. The molecule has 0 N–H and O–H groups in total. The molecule has 0 heterocycles. The first-order chi connectivity index (χ1) is 6.66. The van der Waals surface area contributed by atoms with E-state index in [0.29, 0.717) is 0 Å². The van der Waals surface area contributed by atoms with Gasteiger partial charge in [-0.15, -0.1) is 0 Å². The van der Waals surface area contributed by atoms with Crippen LogP contribution < -0.4 is 0 Å². The Labute approximate surface area is 84.5 Å². The number of nitrogens with zero attached hydrogens (tertiary/aromatic N) is 3. The van der Waals surface area contributed by atoms with Crippen LogP contribution in [0.4, 0.5) is 0 Å². The van der Waals surface area contributed by atoms with Crippen molar-refractivity contribution < 1.29 is 14.8 Å². The molecule has 9 nitrogen and oxygen atoms in total. The van der Waals surface area contributed by atoms with Gasteiger partial charge in [0.25, 0.3) is 12.6 Å². The van der Waals surface area contributed by atoms with Crippen LogP contribution in [-0.4, -0.2) is 32.9 Å². The zero-order chi connectivity index (χ0) is 12.2. The molecule has 0 aromatic rings. The van der Waals surface area contributed by atoms with Crippen molar-refractivity contribution in [3.8, 4) is 0 Å². The van der Waals surface area contributed by atoms with Gasteiger partial charge in [0.15, 0.2) is 0 Å². The second-order valence-electron chi connectivity index (χ2n) is 3.45. The van der Waals surface area contributed by atoms with E-state index in [1.165, 1.54) is 0 Å². The van der Waals surface area contributed by atoms with Crippen molar-refractivity contribution in [3.05, 3.63) is 36.8 Å². The average Bonchev–Trinajstić information content (AvgIpc) is 2.01. The summed E-state index contributed by atoms with van der Waals surface area (Å²) in [5.74, 6) is 0. The molecular weight excluding hydrogens is 210 g/mol. The van der Waals surface area contributed by atoms with Crippen molar-refractivity contribution >= 4 is 0 Å². The maximum absolute atomic E-state index is 10.4. The Balaban J connectivity index is 4.61. The molecule has 85 valence electrons. The lowest BCUT2D eigenvalue weighted by atomic mass is 9.96. The Morgan fingerprint density at radius 2 is 1.67 bits per heavy atom. The molecule has 0 aromatic carbocycles. The molecule has 9 heteroatoms. The van der Waals surface area contributed by atoms with Crippen LogP contribution in [0.1, 0.15) is 13.8 Å². The second kappa shape index (κ2) is 4.62. The Kier molecular flexibility index (Phi) is 4.07. The van der Waals surface area contributed by atoms with Gasteiger partial charge >= 0.3 is 0 Å². The van der Waals surface area contributed by atoms with Crippen LogP contribution in [0.3, 0.4) is 0 Å². The molecule has 15 heavy (non-hydrogen) atoms. The molecule has 0 rings (SSSR count). The molecule has 0 aliphatic rings. The normalized spacial score (nSPS) is 13.2. The maximum Gasteiger partial charge on any atom is 0.286 e. The van der Waals surface area contributed by atoms with E-state index in [1.54, 1.807) is 0 Å². The van der Waals surface area contributed by atoms with Crippen LogP contribution >= 0.6 is 0 Å². The van der Waals surface area contributed by atoms with E-state index in [2.05, 4.69) is 0 Å². The van der Waals surface area contributed by atoms with Gasteiger partial charge in [0, 0.05) is 28.6 Å². The highest BCUT2D eigenvalue weighted by Gasteiger charge is 2.42. The summed E-state index contributed by atoms with van der Waals surface area (Å²) in [5.41, 5.74) is -1.66. The van der Waals surface area contributed by atoms with Gasteiger partial charge < -0.3 is 0 Å². The van der Waals surface area contributed by atoms with Crippen LogP contribution in [0.5, 0.6) is 0 Å². The molecule has 0 aliphatic carbocycles. The van der Waals surface area contributed by atoms with Gasteiger partial charge in [-0.1, -0.05) is 0 Å². The van der Waals surface area contributed by atoms with E-state index in [1.807, 2.05) is 0 Å². The topological polar surface area (TPSA) is 129 Å². The Bertz CT molecular complexity index is 289. The zero-order valence-electron chi connectivity index (χ0n) is 8.15. The molecule has 0 spiro atoms. The summed E-state index contributed by atoms with van der Waals surface area (Å²) < 4.78 is 0. The van der Waals surface area contributed by atoms with E-state index in [-0.39, 0.29) is 0 Å². The highest BCUT2D eigenvalue weighted by molar-refractivity contribution is 4.91. The minimum atomic E-state index is -1.66. The molecule has 1 radical (unpaired) electrons. The van der Waals surface area contributed by atoms with Crippen LogP contribution in [0.25, 0.3) is 0 Å². The number of hydrogen-bond acceptors (Lipinski definition) is 6. The van der Waals surface area contributed by atoms with Gasteiger partial charge in [0.1, 0.15) is 6.42 Å². The molecule has 0 amide bonds. The third-order valence-electron chi connectivity index (χ3n) is 1.68. The van der Waals surface area contributed by atoms with E-state index >= 15 is 0 Å². The van der Waals surface area contributed by atoms with Crippen molar-refractivity contribution in [2.24, 2.45) is 0 Å². The largest absolute Gasteiger partial charge is 0.286 e. The van der Waals surface area contributed by atoms with Gasteiger partial charge in [-0.05, 0) is 0 Å². The van der Waals surface area contributed by atoms with Crippen LogP contribution in [0.15, 0.2) is 0 Å². The summed E-state index contributed by atoms with van der Waals surface area (Å²) in [6.07, 6.45) is 0.760. The Morgan fingerprint density at radius 1 is 1.20 bits per heavy atom. The quantitative estimate of drug-likeness (QED) is 0.463. The van der Waals surface area contributed by atoms with Crippen molar-refractivity contribution in [3.63, 3.8) is 0 Å². The van der Waals surface area contributed by atoms with Crippen molar-refractivity contribution in [1.29, 1.82) is 0 Å². The minimum Gasteiger partial charge on any atom is -0.264 e. The molecule has 0 aliphatic heterocycles. The molecule has 0 saturated heterocycles. The summed E-state index contributed by atoms with van der Waals surface area (Å²) >= 11 is 0. The summed E-state index contributed by atoms with van der Waals surface area (Å²) in [4.78, 5) is 28.4. The van der Waals surface area contributed by atoms with E-state index in [4.69, 9.17) is 0 Å². The molecule has 0 fully saturated rings. The van der Waals surface area contributed by atoms with Gasteiger partial charge in [0.05, 0.1) is 0 Å². The summed E-state index contributed by atoms with van der Waals surface area (Å²) in [7, 11) is 0. The SMILES string of the molecule is CC(C)([CH]C(C[N+](=O)[O-])[N+](=O)[O-])[N+](=O)[O-]. The Morgan fingerprint density at radius 3 is 1.93 bits per heavy atom. The third-order valence-corrected chi connectivity index (χ3v) is 1.68. The monoisotopic (exact) mass is 220 g/mol. The zero-order valence-corrected chi connectivity index (χ0v) is 8.15. The number of hydrogen-bond donors (Lipinski definition) is 0. The van der Waals surface area contributed by atoms with Gasteiger partial charge in [0.2, 0.25) is 5.54 Å². The van der Waals surface area contributed by atoms with Gasteiger partial charge in [-0.3, -0.25) is 30.3 Å². The molecule has 1 atom stereocenters. The van der Waals surface area contributed by atoms with Crippen LogP contribution in [0.2, 0.25) is 0 Å². The second-order valence-corrected chi connectivity index (χ2v) is 3.45. The first-order valence-corrected chi connectivity index (χ1v) is 3.92. The molecular formula is C6H10N3O6. The minimum absolute atomic E-state index is 0.733. The van der Waals surface area contributed by atoms with Gasteiger partial charge in [-0.25, -0.2) is 0 Å². The maximum atomic E-state index is 10.4. The highest BCUT2D eigenvalue weighted by Crippen LogP contribution is 2.16. The van der Waals surface area contributed by atoms with E-state index in [9.17, 15) is 30.3 Å². The molecule has 1 unspecified atom stereocenters. The first-order valence-electron chi connectivity index (χ1n) is 3.92. The van der Waals surface area contributed by atoms with Crippen molar-refractivity contribution in [1.82, 2.24) is 0 Å². The standard InChI is InChI=1S/C6H10N3O6/c1-6(2,9(14)15)3-5(8(12)13)4-7(10)11/h3,5H,4H2,1-2H3. The fourth-order valence-corrected chi connectivity index (χ4v) is 0.865. The average molecular weight is 220 g/mol. The molecule has 0 aromatic heterocycles. The lowest BCUT2D eigenvalue weighted by Gasteiger charge is -2.15. The van der Waals surface area contributed by atoms with E-state index < -0.39 is 32.9 Å². The van der Waals surface area contributed by atoms with Crippen LogP contribution in [0, 0.1) is 36.8 Å². The fourth-order valence-electron chi connectivity index (χ4n) is 0.865. The third kappa shape index (κ3) is 4.29. The molecule has 0 saturated carbocycles. The predicted octanol–water partition coefficient (Wildman–Crippen LogP) is 0.168. The Hall–Kier alpha value is -1.80. The van der Waals surface area contributed by atoms with E-state index in [0.717, 1.165) is 20.3 Å². The van der Waals surface area contributed by atoms with Crippen molar-refractivity contribution in [2.45, 2.75) is 25.4 Å². The predicted molar refractivity (Wildman–Crippen MR) is 48.0 cm³/mol. The van der Waals surface area contributed by atoms with Gasteiger partial charge in [-0.2, -0.15) is 0 Å². The summed E-state index contributed by atoms with van der Waals surface area (Å²) in [5, 5.41) is 30.9. The number of rotatable bonds is 6. The number of nitro groups is 3. The lowest BCUT2D eigenvalue weighted by Crippen LogP contribution is -2.41. The van der Waals surface area contributed by atoms with Crippen LogP contribution in [-0.2, 0) is 0 Å². The highest BCUT2D eigenvalue weighted by atomic mass is 16.6. The molecule has 0 bridgehead atoms. The smallest absolute Gasteiger partial charge is 0.264 e. The first kappa shape index (κ1) is 13.2. The van der Waals surface area contributed by atoms with Crippen molar-refractivity contribution in [2.75, 3.05) is 6.54 Å². The fraction of sp³-hybridized carbons (Fsp3) is 0.833. The summed E-state index contributed by atoms with van der Waals surface area (Å²) in [6.45, 7) is 1.33.